The second-order valence-corrected chi connectivity index (χ2v) is 4.15. The maximum Gasteiger partial charge on any atom is 0.254 e. The van der Waals surface area contributed by atoms with E-state index in [0.717, 1.165) is 6.07 Å². The summed E-state index contributed by atoms with van der Waals surface area (Å²) in [7, 11) is 0. The van der Waals surface area contributed by atoms with Crippen LogP contribution in [0.15, 0.2) is 18.2 Å². The average molecular weight is 254 g/mol. The Kier molecular flexibility index (Phi) is 3.78. The number of hydrogen-bond donors (Lipinski definition) is 2. The fourth-order valence-electron chi connectivity index (χ4n) is 1.92. The van der Waals surface area contributed by atoms with Crippen molar-refractivity contribution in [2.24, 2.45) is 0 Å². The first-order valence-electron chi connectivity index (χ1n) is 5.68. The first-order valence-corrected chi connectivity index (χ1v) is 5.68. The molecule has 18 heavy (non-hydrogen) atoms. The standard InChI is InChI=1S/C12H15FN2O3/c13-10-2-1-8(5-11(10)14)12(17)15-3-4-18-7-9(15)6-16/h1-2,5,9,16H,3-4,6-7,14H2. The van der Waals surface area contributed by atoms with Crippen molar-refractivity contribution in [3.63, 3.8) is 0 Å². The van der Waals surface area contributed by atoms with Crippen molar-refractivity contribution in [3.05, 3.63) is 29.6 Å². The van der Waals surface area contributed by atoms with Gasteiger partial charge in [0.2, 0.25) is 0 Å². The fourth-order valence-corrected chi connectivity index (χ4v) is 1.92. The van der Waals surface area contributed by atoms with Crippen LogP contribution in [0.2, 0.25) is 0 Å². The number of carbonyl (C=O) groups is 1. The number of benzene rings is 1. The van der Waals surface area contributed by atoms with Crippen molar-refractivity contribution in [3.8, 4) is 0 Å². The second kappa shape index (κ2) is 5.32. The molecule has 3 N–H and O–H groups in total. The zero-order valence-electron chi connectivity index (χ0n) is 9.80. The molecule has 1 saturated heterocycles. The van der Waals surface area contributed by atoms with Gasteiger partial charge in [0.05, 0.1) is 31.5 Å². The molecule has 0 saturated carbocycles. The first kappa shape index (κ1) is 12.8. The monoisotopic (exact) mass is 254 g/mol. The summed E-state index contributed by atoms with van der Waals surface area (Å²) in [5, 5.41) is 9.20. The Balaban J connectivity index is 2.21. The predicted molar refractivity (Wildman–Crippen MR) is 63.5 cm³/mol. The SMILES string of the molecule is Nc1cc(C(=O)N2CCOCC2CO)ccc1F. The largest absolute Gasteiger partial charge is 0.396 e. The van der Waals surface area contributed by atoms with Crippen LogP contribution in [0, 0.1) is 5.82 Å². The Morgan fingerprint density at radius 2 is 2.39 bits per heavy atom. The number of aliphatic hydroxyl groups is 1. The number of nitrogen functional groups attached to an aromatic ring is 1. The van der Waals surface area contributed by atoms with Gasteiger partial charge in [-0.05, 0) is 18.2 Å². The number of halogens is 1. The van der Waals surface area contributed by atoms with E-state index in [4.69, 9.17) is 10.5 Å². The van der Waals surface area contributed by atoms with E-state index < -0.39 is 5.82 Å². The van der Waals surface area contributed by atoms with Gasteiger partial charge < -0.3 is 20.5 Å². The minimum Gasteiger partial charge on any atom is -0.396 e. The minimum atomic E-state index is -0.549. The summed E-state index contributed by atoms with van der Waals surface area (Å²) in [6, 6.07) is 3.49. The summed E-state index contributed by atoms with van der Waals surface area (Å²) < 4.78 is 18.2. The lowest BCUT2D eigenvalue weighted by molar-refractivity contribution is -0.0183. The molecular weight excluding hydrogens is 239 g/mol. The van der Waals surface area contributed by atoms with Crippen molar-refractivity contribution in [2.75, 3.05) is 32.1 Å². The van der Waals surface area contributed by atoms with E-state index in [0.29, 0.717) is 25.3 Å². The molecule has 1 heterocycles. The van der Waals surface area contributed by atoms with Gasteiger partial charge in [-0.15, -0.1) is 0 Å². The molecule has 0 spiro atoms. The molecule has 1 aromatic rings. The van der Waals surface area contributed by atoms with Crippen molar-refractivity contribution in [1.82, 2.24) is 4.90 Å². The Bertz CT molecular complexity index is 453. The molecule has 1 aliphatic heterocycles. The number of anilines is 1. The molecule has 1 aliphatic rings. The van der Waals surface area contributed by atoms with Crippen molar-refractivity contribution in [1.29, 1.82) is 0 Å². The molecule has 5 nitrogen and oxygen atoms in total. The van der Waals surface area contributed by atoms with Crippen LogP contribution < -0.4 is 5.73 Å². The minimum absolute atomic E-state index is 0.0605. The van der Waals surface area contributed by atoms with Crippen LogP contribution in [0.5, 0.6) is 0 Å². The summed E-state index contributed by atoms with van der Waals surface area (Å²) in [5.74, 6) is -0.823. The molecule has 1 atom stereocenters. The molecule has 0 radical (unpaired) electrons. The van der Waals surface area contributed by atoms with E-state index in [1.807, 2.05) is 0 Å². The Hall–Kier alpha value is -1.66. The topological polar surface area (TPSA) is 75.8 Å². The number of nitrogens with zero attached hydrogens (tertiary/aromatic N) is 1. The molecule has 0 bridgehead atoms. The van der Waals surface area contributed by atoms with E-state index >= 15 is 0 Å². The molecule has 0 aliphatic carbocycles. The predicted octanol–water partition coefficient (Wildman–Crippen LogP) is 0.241. The number of ether oxygens (including phenoxy) is 1. The molecule has 1 aromatic carbocycles. The third-order valence-corrected chi connectivity index (χ3v) is 2.94. The molecule has 6 heteroatoms. The summed E-state index contributed by atoms with van der Waals surface area (Å²) in [6.45, 7) is 0.974. The van der Waals surface area contributed by atoms with Crippen LogP contribution in [0.3, 0.4) is 0 Å². The van der Waals surface area contributed by atoms with Crippen LogP contribution in [-0.2, 0) is 4.74 Å². The number of hydrogen-bond acceptors (Lipinski definition) is 4. The highest BCUT2D eigenvalue weighted by Crippen LogP contribution is 2.16. The first-order chi connectivity index (χ1) is 8.63. The number of aliphatic hydroxyl groups excluding tert-OH is 1. The quantitative estimate of drug-likeness (QED) is 0.741. The fraction of sp³-hybridized carbons (Fsp3) is 0.417. The van der Waals surface area contributed by atoms with Crippen molar-refractivity contribution >= 4 is 11.6 Å². The summed E-state index contributed by atoms with van der Waals surface area (Å²) in [4.78, 5) is 13.7. The van der Waals surface area contributed by atoms with Gasteiger partial charge in [-0.1, -0.05) is 0 Å². The van der Waals surface area contributed by atoms with E-state index in [1.54, 1.807) is 0 Å². The number of amides is 1. The Morgan fingerprint density at radius 3 is 3.06 bits per heavy atom. The van der Waals surface area contributed by atoms with Crippen LogP contribution >= 0.6 is 0 Å². The van der Waals surface area contributed by atoms with Gasteiger partial charge >= 0.3 is 0 Å². The lowest BCUT2D eigenvalue weighted by Crippen LogP contribution is -2.50. The van der Waals surface area contributed by atoms with Gasteiger partial charge in [-0.2, -0.15) is 0 Å². The smallest absolute Gasteiger partial charge is 0.254 e. The van der Waals surface area contributed by atoms with Crippen LogP contribution in [-0.4, -0.2) is 48.3 Å². The van der Waals surface area contributed by atoms with E-state index in [9.17, 15) is 14.3 Å². The maximum absolute atomic E-state index is 13.0. The molecule has 1 unspecified atom stereocenters. The maximum atomic E-state index is 13.0. The lowest BCUT2D eigenvalue weighted by atomic mass is 10.1. The molecule has 98 valence electrons. The summed E-state index contributed by atoms with van der Waals surface area (Å²) in [6.07, 6.45) is 0. The normalized spacial score (nSPS) is 19.9. The number of nitrogens with two attached hydrogens (primary N) is 1. The van der Waals surface area contributed by atoms with Gasteiger partial charge in [0.1, 0.15) is 5.82 Å². The summed E-state index contributed by atoms with van der Waals surface area (Å²) in [5.41, 5.74) is 5.69. The second-order valence-electron chi connectivity index (χ2n) is 4.15. The average Bonchev–Trinajstić information content (AvgIpc) is 2.41. The Labute approximate surface area is 104 Å². The molecule has 2 rings (SSSR count). The summed E-state index contributed by atoms with van der Waals surface area (Å²) >= 11 is 0. The molecule has 1 amide bonds. The van der Waals surface area contributed by atoms with Crippen molar-refractivity contribution < 1.29 is 19.0 Å². The third-order valence-electron chi connectivity index (χ3n) is 2.94. The zero-order valence-corrected chi connectivity index (χ0v) is 9.80. The van der Waals surface area contributed by atoms with Gasteiger partial charge in [0.15, 0.2) is 0 Å². The highest BCUT2D eigenvalue weighted by Gasteiger charge is 2.27. The van der Waals surface area contributed by atoms with Gasteiger partial charge in [-0.3, -0.25) is 4.79 Å². The lowest BCUT2D eigenvalue weighted by Gasteiger charge is -2.34. The van der Waals surface area contributed by atoms with E-state index in [-0.39, 0.29) is 24.2 Å². The molecular formula is C12H15FN2O3. The highest BCUT2D eigenvalue weighted by molar-refractivity contribution is 5.95. The zero-order chi connectivity index (χ0) is 13.1. The third kappa shape index (κ3) is 2.44. The number of morpholine rings is 1. The van der Waals surface area contributed by atoms with Crippen LogP contribution in [0.4, 0.5) is 10.1 Å². The van der Waals surface area contributed by atoms with Crippen molar-refractivity contribution in [2.45, 2.75) is 6.04 Å². The van der Waals surface area contributed by atoms with E-state index in [2.05, 4.69) is 0 Å². The van der Waals surface area contributed by atoms with Crippen LogP contribution in [0.1, 0.15) is 10.4 Å². The van der Waals surface area contributed by atoms with E-state index in [1.165, 1.54) is 17.0 Å². The van der Waals surface area contributed by atoms with Crippen LogP contribution in [0.25, 0.3) is 0 Å². The van der Waals surface area contributed by atoms with Gasteiger partial charge in [0.25, 0.3) is 5.91 Å². The molecule has 0 aromatic heterocycles. The Morgan fingerprint density at radius 1 is 1.61 bits per heavy atom. The van der Waals surface area contributed by atoms with Gasteiger partial charge in [-0.25, -0.2) is 4.39 Å². The molecule has 1 fully saturated rings. The van der Waals surface area contributed by atoms with Gasteiger partial charge in [0, 0.05) is 12.1 Å². The number of rotatable bonds is 2. The highest BCUT2D eigenvalue weighted by atomic mass is 19.1. The number of carbonyl (C=O) groups excluding carboxylic acids is 1.